The summed E-state index contributed by atoms with van der Waals surface area (Å²) in [5.41, 5.74) is 0.844. The lowest BCUT2D eigenvalue weighted by molar-refractivity contribution is 0.0251. The fourth-order valence-corrected chi connectivity index (χ4v) is 2.88. The van der Waals surface area contributed by atoms with Crippen LogP contribution >= 0.6 is 0 Å². The maximum Gasteiger partial charge on any atom is 0.271 e. The Labute approximate surface area is 123 Å². The van der Waals surface area contributed by atoms with E-state index in [4.69, 9.17) is 4.74 Å². The predicted molar refractivity (Wildman–Crippen MR) is 77.8 cm³/mol. The van der Waals surface area contributed by atoms with E-state index in [1.807, 2.05) is 0 Å². The van der Waals surface area contributed by atoms with Crippen molar-refractivity contribution in [3.63, 3.8) is 0 Å². The average molecular weight is 298 g/mol. The summed E-state index contributed by atoms with van der Waals surface area (Å²) in [4.78, 5) is 0. The molecular weight excluding hydrogens is 277 g/mol. The molecule has 0 spiro atoms. The summed E-state index contributed by atoms with van der Waals surface area (Å²) in [6.07, 6.45) is 3.89. The number of hydrogen-bond donors (Lipinski definition) is 0. The minimum atomic E-state index is -1.88. The van der Waals surface area contributed by atoms with E-state index < -0.39 is 11.9 Å². The Bertz CT molecular complexity index is 487. The lowest BCUT2D eigenvalue weighted by atomic mass is 9.82. The summed E-state index contributed by atoms with van der Waals surface area (Å²) in [7, 11) is 0. The van der Waals surface area contributed by atoms with Crippen molar-refractivity contribution in [1.29, 1.82) is 0 Å². The largest absolute Gasteiger partial charge is 0.378 e. The van der Waals surface area contributed by atoms with Crippen molar-refractivity contribution >= 4 is 6.08 Å². The van der Waals surface area contributed by atoms with Gasteiger partial charge in [0.15, 0.2) is 0 Å². The van der Waals surface area contributed by atoms with E-state index in [1.165, 1.54) is 12.1 Å². The molecule has 2 rings (SSSR count). The van der Waals surface area contributed by atoms with Crippen LogP contribution in [0.2, 0.25) is 0 Å². The third-order valence-electron chi connectivity index (χ3n) is 3.99. The molecule has 1 nitrogen and oxygen atoms in total. The fourth-order valence-electron chi connectivity index (χ4n) is 2.88. The van der Waals surface area contributed by atoms with Crippen LogP contribution in [0.3, 0.4) is 0 Å². The molecule has 0 saturated heterocycles. The Morgan fingerprint density at radius 1 is 1.24 bits per heavy atom. The molecule has 0 heterocycles. The monoisotopic (exact) mass is 298 g/mol. The fraction of sp³-hybridized carbons (Fsp3) is 0.529. The Morgan fingerprint density at radius 2 is 1.95 bits per heavy atom. The van der Waals surface area contributed by atoms with Gasteiger partial charge >= 0.3 is 0 Å². The molecular formula is C17H21F3O. The van der Waals surface area contributed by atoms with Crippen molar-refractivity contribution in [1.82, 2.24) is 0 Å². The third-order valence-corrected chi connectivity index (χ3v) is 3.99. The van der Waals surface area contributed by atoms with Gasteiger partial charge in [0.05, 0.1) is 6.10 Å². The smallest absolute Gasteiger partial charge is 0.271 e. The van der Waals surface area contributed by atoms with E-state index in [9.17, 15) is 13.2 Å². The minimum absolute atomic E-state index is 0.0567. The molecule has 0 N–H and O–H groups in total. The lowest BCUT2D eigenvalue weighted by Crippen LogP contribution is -2.21. The summed E-state index contributed by atoms with van der Waals surface area (Å²) < 4.78 is 43.9. The van der Waals surface area contributed by atoms with Gasteiger partial charge in [-0.1, -0.05) is 19.1 Å². The van der Waals surface area contributed by atoms with E-state index in [0.717, 1.165) is 44.3 Å². The van der Waals surface area contributed by atoms with Crippen LogP contribution in [0, 0.1) is 5.82 Å². The van der Waals surface area contributed by atoms with Gasteiger partial charge in [-0.15, -0.1) is 0 Å². The number of hydrogen-bond acceptors (Lipinski definition) is 1. The Kier molecular flexibility index (Phi) is 5.85. The maximum absolute atomic E-state index is 13.8. The Balaban J connectivity index is 1.97. The molecule has 0 amide bonds. The van der Waals surface area contributed by atoms with E-state index in [1.54, 1.807) is 6.07 Å². The molecule has 0 bridgehead atoms. The van der Waals surface area contributed by atoms with Crippen LogP contribution in [0.15, 0.2) is 24.3 Å². The van der Waals surface area contributed by atoms with Crippen molar-refractivity contribution in [3.05, 3.63) is 41.2 Å². The molecule has 0 radical (unpaired) electrons. The molecule has 0 aliphatic heterocycles. The van der Waals surface area contributed by atoms with E-state index >= 15 is 0 Å². The minimum Gasteiger partial charge on any atom is -0.378 e. The van der Waals surface area contributed by atoms with Gasteiger partial charge in [0, 0.05) is 18.2 Å². The van der Waals surface area contributed by atoms with Gasteiger partial charge in [0.1, 0.15) is 5.82 Å². The lowest BCUT2D eigenvalue weighted by Gasteiger charge is -2.29. The molecule has 1 aromatic carbocycles. The normalized spacial score (nSPS) is 22.1. The first kappa shape index (κ1) is 16.1. The van der Waals surface area contributed by atoms with Gasteiger partial charge in [-0.3, -0.25) is 0 Å². The summed E-state index contributed by atoms with van der Waals surface area (Å²) >= 11 is 0. The molecule has 1 aromatic rings. The number of halogens is 3. The second-order valence-corrected chi connectivity index (χ2v) is 5.56. The van der Waals surface area contributed by atoms with Crippen molar-refractivity contribution < 1.29 is 17.9 Å². The first-order valence-corrected chi connectivity index (χ1v) is 7.54. The number of benzene rings is 1. The number of rotatable bonds is 5. The van der Waals surface area contributed by atoms with Gasteiger partial charge in [-0.25, -0.2) is 4.39 Å². The molecule has 0 atom stereocenters. The highest BCUT2D eigenvalue weighted by Gasteiger charge is 2.23. The second-order valence-electron chi connectivity index (χ2n) is 5.56. The van der Waals surface area contributed by atoms with Crippen LogP contribution in [0.1, 0.15) is 56.1 Å². The van der Waals surface area contributed by atoms with Crippen LogP contribution in [-0.4, -0.2) is 12.7 Å². The zero-order valence-corrected chi connectivity index (χ0v) is 12.2. The molecule has 116 valence electrons. The standard InChI is InChI=1S/C17H21F3O/c1-2-9-21-15-7-5-12(6-8-15)13-3-4-14(11-17(19)20)16(18)10-13/h3-4,10-12,15H,2,5-9H2,1H3. The first-order valence-electron chi connectivity index (χ1n) is 7.54. The van der Waals surface area contributed by atoms with E-state index in [-0.39, 0.29) is 5.56 Å². The molecule has 21 heavy (non-hydrogen) atoms. The quantitative estimate of drug-likeness (QED) is 0.696. The summed E-state index contributed by atoms with van der Waals surface area (Å²) in [5, 5.41) is 0. The highest BCUT2D eigenvalue weighted by molar-refractivity contribution is 5.51. The SMILES string of the molecule is CCCOC1CCC(c2ccc(C=C(F)F)c(F)c2)CC1. The highest BCUT2D eigenvalue weighted by Crippen LogP contribution is 2.34. The van der Waals surface area contributed by atoms with Crippen LogP contribution in [-0.2, 0) is 4.74 Å². The summed E-state index contributed by atoms with van der Waals surface area (Å²) in [6, 6.07) is 4.59. The number of ether oxygens (including phenoxy) is 1. The van der Waals surface area contributed by atoms with E-state index in [2.05, 4.69) is 6.92 Å². The predicted octanol–water partition coefficient (Wildman–Crippen LogP) is 5.52. The van der Waals surface area contributed by atoms with Gasteiger partial charge in [-0.05, 0) is 49.7 Å². The zero-order valence-electron chi connectivity index (χ0n) is 12.2. The molecule has 0 unspecified atom stereocenters. The first-order chi connectivity index (χ1) is 10.1. The molecule has 1 aliphatic rings. The molecule has 4 heteroatoms. The molecule has 1 aliphatic carbocycles. The Hall–Kier alpha value is -1.29. The molecule has 1 fully saturated rings. The van der Waals surface area contributed by atoms with Crippen LogP contribution in [0.4, 0.5) is 13.2 Å². The third kappa shape index (κ3) is 4.60. The van der Waals surface area contributed by atoms with Crippen LogP contribution in [0.25, 0.3) is 6.08 Å². The van der Waals surface area contributed by atoms with Gasteiger partial charge < -0.3 is 4.74 Å². The van der Waals surface area contributed by atoms with Gasteiger partial charge in [0.25, 0.3) is 6.08 Å². The summed E-state index contributed by atoms with van der Waals surface area (Å²) in [6.45, 7) is 2.88. The van der Waals surface area contributed by atoms with Crippen molar-refractivity contribution in [3.8, 4) is 0 Å². The van der Waals surface area contributed by atoms with Crippen molar-refractivity contribution in [2.45, 2.75) is 51.0 Å². The zero-order chi connectivity index (χ0) is 15.2. The summed E-state index contributed by atoms with van der Waals surface area (Å²) in [5.74, 6) is -0.279. The topological polar surface area (TPSA) is 9.23 Å². The van der Waals surface area contributed by atoms with Gasteiger partial charge in [-0.2, -0.15) is 8.78 Å². The molecule has 0 aromatic heterocycles. The molecule has 1 saturated carbocycles. The van der Waals surface area contributed by atoms with Crippen molar-refractivity contribution in [2.24, 2.45) is 0 Å². The second kappa shape index (κ2) is 7.64. The highest BCUT2D eigenvalue weighted by atomic mass is 19.3. The Morgan fingerprint density at radius 3 is 2.52 bits per heavy atom. The average Bonchev–Trinajstić information content (AvgIpc) is 2.47. The maximum atomic E-state index is 13.8. The van der Waals surface area contributed by atoms with Gasteiger partial charge in [0.2, 0.25) is 0 Å². The van der Waals surface area contributed by atoms with Crippen molar-refractivity contribution in [2.75, 3.05) is 6.61 Å². The van der Waals surface area contributed by atoms with E-state index in [0.29, 0.717) is 18.1 Å². The van der Waals surface area contributed by atoms with Crippen LogP contribution < -0.4 is 0 Å². The van der Waals surface area contributed by atoms with Crippen LogP contribution in [0.5, 0.6) is 0 Å².